The Morgan fingerprint density at radius 1 is 1.00 bits per heavy atom. The lowest BCUT2D eigenvalue weighted by Crippen LogP contribution is -2.44. The molecule has 0 atom stereocenters. The van der Waals surface area contributed by atoms with Gasteiger partial charge in [-0.3, -0.25) is 9.48 Å². The van der Waals surface area contributed by atoms with Gasteiger partial charge in [-0.1, -0.05) is 32.9 Å². The SMILES string of the molecule is Cc1cc(Nc2ncc3c(=O)n4c(nc3n2)c2ccccc2n4CCCO[Si](C)(C)C(C)(C)C)ccc1N1CCN(C)CC1. The van der Waals surface area contributed by atoms with Gasteiger partial charge in [0.05, 0.1) is 5.52 Å². The molecule has 1 N–H and O–H groups in total. The molecule has 10 nitrogen and oxygen atoms in total. The molecule has 0 saturated carbocycles. The number of anilines is 3. The van der Waals surface area contributed by atoms with Crippen molar-refractivity contribution >= 4 is 53.2 Å². The summed E-state index contributed by atoms with van der Waals surface area (Å²) in [6.45, 7) is 18.9. The van der Waals surface area contributed by atoms with Gasteiger partial charge in [0.15, 0.2) is 19.6 Å². The number of aryl methyl sites for hydroxylation is 2. The van der Waals surface area contributed by atoms with Crippen molar-refractivity contribution in [3.05, 3.63) is 64.6 Å². The Morgan fingerprint density at radius 3 is 2.48 bits per heavy atom. The van der Waals surface area contributed by atoms with Crippen LogP contribution in [0.2, 0.25) is 18.1 Å². The van der Waals surface area contributed by atoms with Crippen LogP contribution in [-0.2, 0) is 11.0 Å². The van der Waals surface area contributed by atoms with Gasteiger partial charge in [0.1, 0.15) is 5.39 Å². The Morgan fingerprint density at radius 2 is 1.75 bits per heavy atom. The fourth-order valence-corrected chi connectivity index (χ4v) is 6.75. The molecule has 1 fully saturated rings. The van der Waals surface area contributed by atoms with E-state index in [-0.39, 0.29) is 10.6 Å². The quantitative estimate of drug-likeness (QED) is 0.173. The van der Waals surface area contributed by atoms with E-state index in [1.807, 2.05) is 28.9 Å². The zero-order valence-electron chi connectivity index (χ0n) is 27.0. The van der Waals surface area contributed by atoms with Crippen molar-refractivity contribution in [1.29, 1.82) is 0 Å². The zero-order valence-corrected chi connectivity index (χ0v) is 28.0. The summed E-state index contributed by atoms with van der Waals surface area (Å²) in [6.07, 6.45) is 2.37. The van der Waals surface area contributed by atoms with Crippen molar-refractivity contribution in [2.24, 2.45) is 0 Å². The minimum atomic E-state index is -1.85. The predicted octanol–water partition coefficient (Wildman–Crippen LogP) is 5.81. The van der Waals surface area contributed by atoms with Crippen LogP contribution in [0.5, 0.6) is 0 Å². The van der Waals surface area contributed by atoms with Gasteiger partial charge in [-0.05, 0) is 74.4 Å². The molecule has 0 spiro atoms. The predicted molar refractivity (Wildman–Crippen MR) is 182 cm³/mol. The van der Waals surface area contributed by atoms with E-state index in [1.165, 1.54) is 11.3 Å². The Balaban J connectivity index is 1.28. The number of nitrogens with zero attached hydrogens (tertiary/aromatic N) is 7. The maximum Gasteiger partial charge on any atom is 0.283 e. The number of likely N-dealkylation sites (N-methyl/N-ethyl adjacent to an activating group) is 1. The smallest absolute Gasteiger partial charge is 0.283 e. The van der Waals surface area contributed by atoms with E-state index in [1.54, 1.807) is 10.7 Å². The van der Waals surface area contributed by atoms with Crippen molar-refractivity contribution in [2.75, 3.05) is 50.1 Å². The highest BCUT2D eigenvalue weighted by molar-refractivity contribution is 6.74. The summed E-state index contributed by atoms with van der Waals surface area (Å²) in [7, 11) is 0.319. The standard InChI is InChI=1S/C33H44N8O2Si/c1-23-21-24(13-14-27(23)39-18-16-38(5)17-19-39)35-32-34-22-26-29(37-32)36-30-25-11-8-9-12-28(25)40(41(30)31(26)42)15-10-20-43-44(6,7)33(2,3)4/h8-9,11-14,21-22H,10,15-20H2,1-7H3,(H,34,35,37). The Kier molecular flexibility index (Phi) is 7.97. The first kappa shape index (κ1) is 30.2. The summed E-state index contributed by atoms with van der Waals surface area (Å²) < 4.78 is 10.1. The first-order chi connectivity index (χ1) is 20.9. The highest BCUT2D eigenvalue weighted by Gasteiger charge is 2.36. The zero-order chi connectivity index (χ0) is 31.2. The van der Waals surface area contributed by atoms with Crippen LogP contribution in [0.3, 0.4) is 0 Å². The van der Waals surface area contributed by atoms with Crippen molar-refractivity contribution in [1.82, 2.24) is 29.0 Å². The second-order valence-corrected chi connectivity index (χ2v) is 18.3. The molecule has 0 radical (unpaired) electrons. The molecule has 0 aliphatic carbocycles. The first-order valence-electron chi connectivity index (χ1n) is 15.5. The molecular formula is C33H44N8O2Si. The highest BCUT2D eigenvalue weighted by atomic mass is 28.4. The summed E-state index contributed by atoms with van der Waals surface area (Å²) >= 11 is 0. The normalized spacial score (nSPS) is 15.1. The lowest BCUT2D eigenvalue weighted by molar-refractivity contribution is 0.272. The fraction of sp³-hybridized carbons (Fsp3) is 0.455. The van der Waals surface area contributed by atoms with Crippen molar-refractivity contribution in [3.63, 3.8) is 0 Å². The number of nitrogens with one attached hydrogen (secondary N) is 1. The highest BCUT2D eigenvalue weighted by Crippen LogP contribution is 2.36. The minimum Gasteiger partial charge on any atom is -0.417 e. The summed E-state index contributed by atoms with van der Waals surface area (Å²) in [5.74, 6) is 0.409. The molecule has 1 aliphatic heterocycles. The molecule has 3 aromatic heterocycles. The number of para-hydroxylation sites is 1. The van der Waals surface area contributed by atoms with Gasteiger partial charge in [-0.2, -0.15) is 9.50 Å². The molecule has 11 heteroatoms. The van der Waals surface area contributed by atoms with Crippen molar-refractivity contribution < 1.29 is 4.43 Å². The van der Waals surface area contributed by atoms with Crippen molar-refractivity contribution in [2.45, 2.75) is 58.8 Å². The van der Waals surface area contributed by atoms with E-state index in [2.05, 4.69) is 91.1 Å². The molecule has 1 aliphatic rings. The van der Waals surface area contributed by atoms with Crippen molar-refractivity contribution in [3.8, 4) is 0 Å². The number of fused-ring (bicyclic) bond motifs is 4. The summed E-state index contributed by atoms with van der Waals surface area (Å²) in [5, 5.41) is 4.78. The summed E-state index contributed by atoms with van der Waals surface area (Å²) in [4.78, 5) is 32.8. The van der Waals surface area contributed by atoms with Gasteiger partial charge in [0.25, 0.3) is 5.56 Å². The second kappa shape index (κ2) is 11.6. The molecule has 1 saturated heterocycles. The minimum absolute atomic E-state index is 0.153. The third-order valence-electron chi connectivity index (χ3n) is 9.35. The first-order valence-corrected chi connectivity index (χ1v) is 18.5. The van der Waals surface area contributed by atoms with Gasteiger partial charge < -0.3 is 19.5 Å². The van der Waals surface area contributed by atoms with Crippen LogP contribution < -0.4 is 15.8 Å². The monoisotopic (exact) mass is 612 g/mol. The third kappa shape index (κ3) is 5.71. The largest absolute Gasteiger partial charge is 0.417 e. The van der Waals surface area contributed by atoms with E-state index in [0.29, 0.717) is 35.8 Å². The number of rotatable bonds is 8. The van der Waals surface area contributed by atoms with Gasteiger partial charge in [-0.15, -0.1) is 0 Å². The Bertz CT molecular complexity index is 1880. The van der Waals surface area contributed by atoms with E-state index in [4.69, 9.17) is 9.41 Å². The number of benzene rings is 2. The van der Waals surface area contributed by atoms with Crippen LogP contribution in [0.4, 0.5) is 17.3 Å². The van der Waals surface area contributed by atoms with Crippen LogP contribution in [0.15, 0.2) is 53.5 Å². The summed E-state index contributed by atoms with van der Waals surface area (Å²) in [6, 6.07) is 14.4. The average molecular weight is 613 g/mol. The van der Waals surface area contributed by atoms with Gasteiger partial charge in [0, 0.05) is 62.3 Å². The molecule has 0 unspecified atom stereocenters. The molecule has 6 rings (SSSR count). The number of hydrogen-bond acceptors (Lipinski definition) is 8. The molecule has 4 heterocycles. The van der Waals surface area contributed by atoms with Crippen LogP contribution in [-0.4, -0.2) is 77.2 Å². The molecular weight excluding hydrogens is 569 g/mol. The molecule has 5 aromatic rings. The number of piperazine rings is 1. The number of aromatic nitrogens is 5. The lowest BCUT2D eigenvalue weighted by Gasteiger charge is -2.36. The van der Waals surface area contributed by atoms with Gasteiger partial charge in [0.2, 0.25) is 5.95 Å². The Labute approximate surface area is 259 Å². The number of hydrogen-bond donors (Lipinski definition) is 1. The molecule has 0 bridgehead atoms. The van der Waals surface area contributed by atoms with Crippen LogP contribution in [0.1, 0.15) is 32.8 Å². The molecule has 0 amide bonds. The van der Waals surface area contributed by atoms with E-state index in [9.17, 15) is 4.79 Å². The summed E-state index contributed by atoms with van der Waals surface area (Å²) in [5.41, 5.74) is 5.10. The topological polar surface area (TPSA) is 92.8 Å². The fourth-order valence-electron chi connectivity index (χ4n) is 5.66. The van der Waals surface area contributed by atoms with Crippen LogP contribution >= 0.6 is 0 Å². The van der Waals surface area contributed by atoms with Crippen LogP contribution in [0.25, 0.3) is 27.6 Å². The lowest BCUT2D eigenvalue weighted by atomic mass is 10.1. The maximum absolute atomic E-state index is 13.9. The second-order valence-electron chi connectivity index (χ2n) is 13.5. The van der Waals surface area contributed by atoms with Gasteiger partial charge in [-0.25, -0.2) is 9.97 Å². The molecule has 44 heavy (non-hydrogen) atoms. The van der Waals surface area contributed by atoms with E-state index in [0.717, 1.165) is 49.2 Å². The van der Waals surface area contributed by atoms with E-state index < -0.39 is 8.32 Å². The average Bonchev–Trinajstić information content (AvgIpc) is 3.29. The molecule has 2 aromatic carbocycles. The maximum atomic E-state index is 13.9. The van der Waals surface area contributed by atoms with Crippen LogP contribution in [0, 0.1) is 6.92 Å². The third-order valence-corrected chi connectivity index (χ3v) is 13.9. The van der Waals surface area contributed by atoms with E-state index >= 15 is 0 Å². The Hall–Kier alpha value is -3.80. The molecule has 232 valence electrons. The van der Waals surface area contributed by atoms with Gasteiger partial charge >= 0.3 is 0 Å².